The number of piperidine rings is 1. The van der Waals surface area contributed by atoms with Gasteiger partial charge in [-0.15, -0.1) is 0 Å². The zero-order chi connectivity index (χ0) is 26.7. The molecule has 0 spiro atoms. The lowest BCUT2D eigenvalue weighted by Gasteiger charge is -2.33. The third-order valence-electron chi connectivity index (χ3n) is 7.39. The monoisotopic (exact) mass is 530 g/mol. The molecule has 1 aliphatic heterocycles. The summed E-state index contributed by atoms with van der Waals surface area (Å²) in [5, 5.41) is 20.5. The molecule has 11 heteroatoms. The van der Waals surface area contributed by atoms with Crippen LogP contribution >= 0.6 is 0 Å². The number of anilines is 3. The SMILES string of the molecule is Cc1cc(CN2CCC(c3cnc(Nc4cccc(C(F)(F)F)c4)nc3NC3CCC(O)CC3)CC2)no1. The van der Waals surface area contributed by atoms with Gasteiger partial charge in [-0.2, -0.15) is 18.2 Å². The molecule has 1 saturated carbocycles. The molecule has 1 saturated heterocycles. The lowest BCUT2D eigenvalue weighted by atomic mass is 9.89. The van der Waals surface area contributed by atoms with Crippen molar-refractivity contribution in [1.29, 1.82) is 0 Å². The average Bonchev–Trinajstić information content (AvgIpc) is 3.30. The van der Waals surface area contributed by atoms with Crippen LogP contribution in [-0.4, -0.2) is 50.4 Å². The highest BCUT2D eigenvalue weighted by Gasteiger charge is 2.31. The molecule has 0 unspecified atom stereocenters. The molecule has 2 aliphatic rings. The number of rotatable bonds is 7. The standard InChI is InChI=1S/C27H33F3N6O2/c1-17-13-22(35-38-17)16-36-11-9-18(10-12-36)24-15-31-26(33-21-4-2-3-19(14-21)27(28,29)30)34-25(24)32-20-5-7-23(37)8-6-20/h2-4,13-15,18,20,23,37H,5-12,16H2,1H3,(H2,31,32,33,34). The maximum absolute atomic E-state index is 13.2. The summed E-state index contributed by atoms with van der Waals surface area (Å²) >= 11 is 0. The third-order valence-corrected chi connectivity index (χ3v) is 7.39. The zero-order valence-corrected chi connectivity index (χ0v) is 21.3. The van der Waals surface area contributed by atoms with Crippen molar-refractivity contribution in [2.45, 2.75) is 76.2 Å². The first kappa shape index (κ1) is 26.4. The van der Waals surface area contributed by atoms with Gasteiger partial charge in [0.15, 0.2) is 0 Å². The second-order valence-electron chi connectivity index (χ2n) is 10.3. The minimum atomic E-state index is -4.43. The Morgan fingerprint density at radius 1 is 1.08 bits per heavy atom. The summed E-state index contributed by atoms with van der Waals surface area (Å²) in [5.74, 6) is 2.01. The molecule has 1 aliphatic carbocycles. The van der Waals surface area contributed by atoms with Gasteiger partial charge in [0.05, 0.1) is 17.4 Å². The van der Waals surface area contributed by atoms with Crippen molar-refractivity contribution in [3.05, 3.63) is 59.1 Å². The number of likely N-dealkylation sites (tertiary alicyclic amines) is 1. The molecule has 2 aromatic heterocycles. The van der Waals surface area contributed by atoms with Crippen molar-refractivity contribution in [3.63, 3.8) is 0 Å². The minimum absolute atomic E-state index is 0.170. The number of aliphatic hydroxyl groups excluding tert-OH is 1. The fraction of sp³-hybridized carbons (Fsp3) is 0.519. The smallest absolute Gasteiger partial charge is 0.393 e. The predicted octanol–water partition coefficient (Wildman–Crippen LogP) is 5.63. The summed E-state index contributed by atoms with van der Waals surface area (Å²) in [6.07, 6.45) is 2.08. The van der Waals surface area contributed by atoms with Crippen LogP contribution < -0.4 is 10.6 Å². The Morgan fingerprint density at radius 3 is 2.53 bits per heavy atom. The number of aryl methyl sites for hydroxylation is 1. The number of nitrogens with one attached hydrogen (secondary N) is 2. The van der Waals surface area contributed by atoms with E-state index in [4.69, 9.17) is 9.51 Å². The molecule has 3 N–H and O–H groups in total. The number of aliphatic hydroxyl groups is 1. The quantitative estimate of drug-likeness (QED) is 0.362. The van der Waals surface area contributed by atoms with Crippen LogP contribution in [0, 0.1) is 6.92 Å². The topological polar surface area (TPSA) is 99.3 Å². The Labute approximate surface area is 219 Å². The number of hydrogen-bond donors (Lipinski definition) is 3. The molecule has 0 bridgehead atoms. The van der Waals surface area contributed by atoms with Gasteiger partial charge < -0.3 is 20.3 Å². The van der Waals surface area contributed by atoms with Gasteiger partial charge in [0, 0.05) is 36.1 Å². The molecule has 1 aromatic carbocycles. The van der Waals surface area contributed by atoms with E-state index in [0.717, 1.165) is 87.3 Å². The van der Waals surface area contributed by atoms with Gasteiger partial charge in [-0.3, -0.25) is 4.90 Å². The molecule has 0 radical (unpaired) electrons. The third kappa shape index (κ3) is 6.63. The van der Waals surface area contributed by atoms with Crippen molar-refractivity contribution in [2.24, 2.45) is 0 Å². The largest absolute Gasteiger partial charge is 0.416 e. The van der Waals surface area contributed by atoms with E-state index in [1.807, 2.05) is 13.0 Å². The van der Waals surface area contributed by atoms with Gasteiger partial charge in [-0.05, 0) is 82.7 Å². The summed E-state index contributed by atoms with van der Waals surface area (Å²) < 4.78 is 44.7. The Morgan fingerprint density at radius 2 is 1.84 bits per heavy atom. The highest BCUT2D eigenvalue weighted by atomic mass is 19.4. The number of nitrogens with zero attached hydrogens (tertiary/aromatic N) is 4. The second kappa shape index (κ2) is 11.3. The van der Waals surface area contributed by atoms with E-state index >= 15 is 0 Å². The minimum Gasteiger partial charge on any atom is -0.393 e. The Bertz CT molecular complexity index is 1220. The molecule has 5 rings (SSSR count). The molecule has 38 heavy (non-hydrogen) atoms. The average molecular weight is 531 g/mol. The summed E-state index contributed by atoms with van der Waals surface area (Å²) in [7, 11) is 0. The molecular weight excluding hydrogens is 497 g/mol. The second-order valence-corrected chi connectivity index (χ2v) is 10.3. The van der Waals surface area contributed by atoms with Crippen LogP contribution in [0.1, 0.15) is 67.0 Å². The van der Waals surface area contributed by atoms with Gasteiger partial charge in [0.1, 0.15) is 11.6 Å². The number of halogens is 3. The van der Waals surface area contributed by atoms with Crippen molar-refractivity contribution in [3.8, 4) is 0 Å². The molecular formula is C27H33F3N6O2. The lowest BCUT2D eigenvalue weighted by molar-refractivity contribution is -0.137. The van der Waals surface area contributed by atoms with Gasteiger partial charge >= 0.3 is 6.18 Å². The molecule has 2 fully saturated rings. The van der Waals surface area contributed by atoms with Crippen molar-refractivity contribution < 1.29 is 22.8 Å². The van der Waals surface area contributed by atoms with E-state index < -0.39 is 11.7 Å². The van der Waals surface area contributed by atoms with E-state index in [1.54, 1.807) is 12.3 Å². The number of aromatic nitrogens is 3. The van der Waals surface area contributed by atoms with Crippen LogP contribution in [0.2, 0.25) is 0 Å². The van der Waals surface area contributed by atoms with Crippen LogP contribution in [0.15, 0.2) is 41.1 Å². The summed E-state index contributed by atoms with van der Waals surface area (Å²) in [4.78, 5) is 11.6. The van der Waals surface area contributed by atoms with Crippen LogP contribution in [0.25, 0.3) is 0 Å². The van der Waals surface area contributed by atoms with E-state index in [-0.39, 0.29) is 29.7 Å². The van der Waals surface area contributed by atoms with Gasteiger partial charge in [0.2, 0.25) is 5.95 Å². The van der Waals surface area contributed by atoms with Crippen molar-refractivity contribution in [2.75, 3.05) is 23.7 Å². The predicted molar refractivity (Wildman–Crippen MR) is 137 cm³/mol. The fourth-order valence-electron chi connectivity index (χ4n) is 5.31. The van der Waals surface area contributed by atoms with Crippen LogP contribution in [0.3, 0.4) is 0 Å². The van der Waals surface area contributed by atoms with Gasteiger partial charge in [-0.25, -0.2) is 4.98 Å². The molecule has 3 aromatic rings. The number of hydrogen-bond acceptors (Lipinski definition) is 8. The lowest BCUT2D eigenvalue weighted by Crippen LogP contribution is -2.33. The Kier molecular flexibility index (Phi) is 7.85. The molecule has 204 valence electrons. The van der Waals surface area contributed by atoms with Crippen molar-refractivity contribution >= 4 is 17.5 Å². The van der Waals surface area contributed by atoms with E-state index in [2.05, 4.69) is 25.7 Å². The highest BCUT2D eigenvalue weighted by molar-refractivity contribution is 5.58. The Hall–Kier alpha value is -3.18. The summed E-state index contributed by atoms with van der Waals surface area (Å²) in [6.45, 7) is 4.43. The van der Waals surface area contributed by atoms with Gasteiger partial charge in [-0.1, -0.05) is 11.2 Å². The summed E-state index contributed by atoms with van der Waals surface area (Å²) in [5.41, 5.74) is 1.49. The molecule has 8 nitrogen and oxygen atoms in total. The van der Waals surface area contributed by atoms with Crippen LogP contribution in [-0.2, 0) is 12.7 Å². The van der Waals surface area contributed by atoms with Crippen LogP contribution in [0.4, 0.5) is 30.6 Å². The van der Waals surface area contributed by atoms with Crippen molar-refractivity contribution in [1.82, 2.24) is 20.0 Å². The zero-order valence-electron chi connectivity index (χ0n) is 21.3. The van der Waals surface area contributed by atoms with E-state index in [0.29, 0.717) is 5.82 Å². The first-order chi connectivity index (χ1) is 18.2. The molecule has 0 amide bonds. The number of benzene rings is 1. The molecule has 3 heterocycles. The van der Waals surface area contributed by atoms with Gasteiger partial charge in [0.25, 0.3) is 0 Å². The maximum atomic E-state index is 13.2. The normalized spacial score (nSPS) is 21.4. The fourth-order valence-corrected chi connectivity index (χ4v) is 5.31. The van der Waals surface area contributed by atoms with E-state index in [9.17, 15) is 18.3 Å². The summed E-state index contributed by atoms with van der Waals surface area (Å²) in [6, 6.07) is 7.14. The van der Waals surface area contributed by atoms with E-state index in [1.165, 1.54) is 6.07 Å². The maximum Gasteiger partial charge on any atom is 0.416 e. The first-order valence-electron chi connectivity index (χ1n) is 13.1. The number of alkyl halides is 3. The first-order valence-corrected chi connectivity index (χ1v) is 13.1. The van der Waals surface area contributed by atoms with Crippen LogP contribution in [0.5, 0.6) is 0 Å². The molecule has 0 atom stereocenters. The Balaban J connectivity index is 1.32. The highest BCUT2D eigenvalue weighted by Crippen LogP contribution is 2.35.